The molecule has 0 atom stereocenters. The van der Waals surface area contributed by atoms with E-state index < -0.39 is 16.2 Å². The van der Waals surface area contributed by atoms with E-state index in [4.69, 9.17) is 0 Å². The molecule has 20 heavy (non-hydrogen) atoms. The highest BCUT2D eigenvalue weighted by atomic mass is 32.3. The van der Waals surface area contributed by atoms with Crippen molar-refractivity contribution in [2.24, 2.45) is 0 Å². The molecule has 0 bridgehead atoms. The number of hydrogen-bond donors (Lipinski definition) is 0. The van der Waals surface area contributed by atoms with Gasteiger partial charge in [0.1, 0.15) is 0 Å². The maximum Gasteiger partial charge on any atom is 0.337 e. The maximum absolute atomic E-state index is 12.4. The van der Waals surface area contributed by atoms with Crippen LogP contribution in [0.15, 0.2) is 41.8 Å². The zero-order chi connectivity index (χ0) is 14.8. The van der Waals surface area contributed by atoms with Crippen molar-refractivity contribution in [3.8, 4) is 0 Å². The fraction of sp³-hybridized carbons (Fsp3) is 0.0714. The van der Waals surface area contributed by atoms with Gasteiger partial charge in [-0.3, -0.25) is 0 Å². The lowest BCUT2D eigenvalue weighted by molar-refractivity contribution is 0.0601. The molecule has 0 amide bonds. The first-order valence-corrected chi connectivity index (χ1v) is 7.08. The lowest BCUT2D eigenvalue weighted by Crippen LogP contribution is -2.00. The van der Waals surface area contributed by atoms with Crippen LogP contribution in [0.5, 0.6) is 0 Å². The van der Waals surface area contributed by atoms with Crippen LogP contribution in [0.25, 0.3) is 16.8 Å². The minimum absolute atomic E-state index is 0.426. The lowest BCUT2D eigenvalue weighted by Gasteiger charge is -2.03. The third kappa shape index (κ3) is 3.42. The molecule has 0 spiro atoms. The van der Waals surface area contributed by atoms with Crippen LogP contribution in [-0.2, 0) is 15.0 Å². The number of esters is 1. The summed E-state index contributed by atoms with van der Waals surface area (Å²) in [5.74, 6) is -0.431. The molecule has 2 aromatic rings. The Morgan fingerprint density at radius 1 is 1.15 bits per heavy atom. The molecule has 0 radical (unpaired) electrons. The van der Waals surface area contributed by atoms with Crippen molar-refractivity contribution in [3.05, 3.63) is 52.9 Å². The smallest absolute Gasteiger partial charge is 0.337 e. The van der Waals surface area contributed by atoms with E-state index in [-0.39, 0.29) is 0 Å². The predicted molar refractivity (Wildman–Crippen MR) is 74.3 cm³/mol. The van der Waals surface area contributed by atoms with E-state index in [2.05, 4.69) is 4.74 Å². The second kappa shape index (κ2) is 5.42. The van der Waals surface area contributed by atoms with Gasteiger partial charge in [0.05, 0.1) is 18.1 Å². The molecule has 2 aromatic carbocycles. The number of hydrogen-bond acceptors (Lipinski definition) is 4. The molecule has 4 nitrogen and oxygen atoms in total. The van der Waals surface area contributed by atoms with Crippen LogP contribution in [0.3, 0.4) is 0 Å². The molecule has 2 rings (SSSR count). The van der Waals surface area contributed by atoms with Crippen LogP contribution < -0.4 is 0 Å². The van der Waals surface area contributed by atoms with Gasteiger partial charge in [-0.1, -0.05) is 18.2 Å². The molecule has 0 N–H and O–H groups in total. The third-order valence-electron chi connectivity index (χ3n) is 2.71. The van der Waals surface area contributed by atoms with Gasteiger partial charge in [0.2, 0.25) is 0 Å². The third-order valence-corrected chi connectivity index (χ3v) is 3.17. The van der Waals surface area contributed by atoms with Crippen molar-refractivity contribution in [1.82, 2.24) is 0 Å². The highest BCUT2D eigenvalue weighted by Gasteiger charge is 2.06. The summed E-state index contributed by atoms with van der Waals surface area (Å²) in [6, 6.07) is 10.0. The first kappa shape index (κ1) is 14.2. The molecule has 0 unspecified atom stereocenters. The average molecular weight is 294 g/mol. The summed E-state index contributed by atoms with van der Waals surface area (Å²) < 4.78 is 37.9. The van der Waals surface area contributed by atoms with E-state index in [1.165, 1.54) is 13.2 Å². The Balaban J connectivity index is 2.41. The Morgan fingerprint density at radius 2 is 1.80 bits per heavy atom. The molecule has 0 aromatic heterocycles. The Morgan fingerprint density at radius 3 is 2.45 bits per heavy atom. The number of benzene rings is 2. The van der Waals surface area contributed by atoms with E-state index in [1.54, 1.807) is 36.4 Å². The Bertz CT molecular complexity index is 794. The summed E-state index contributed by atoms with van der Waals surface area (Å²) in [6.45, 7) is 0. The van der Waals surface area contributed by atoms with Crippen molar-refractivity contribution in [2.45, 2.75) is 0 Å². The Hall–Kier alpha value is -2.21. The summed E-state index contributed by atoms with van der Waals surface area (Å²) in [5.41, 5.74) is 0.971. The number of fused-ring (bicyclic) bond motifs is 1. The van der Waals surface area contributed by atoms with Crippen molar-refractivity contribution in [1.29, 1.82) is 0 Å². The van der Waals surface area contributed by atoms with E-state index >= 15 is 0 Å². The van der Waals surface area contributed by atoms with Gasteiger partial charge in [-0.25, -0.2) is 4.79 Å². The average Bonchev–Trinajstić information content (AvgIpc) is 2.42. The van der Waals surface area contributed by atoms with Crippen molar-refractivity contribution >= 4 is 33.0 Å². The van der Waals surface area contributed by atoms with Crippen LogP contribution in [0, 0.1) is 0 Å². The summed E-state index contributed by atoms with van der Waals surface area (Å²) in [6.07, 6.45) is 1.17. The van der Waals surface area contributed by atoms with Gasteiger partial charge in [0.25, 0.3) is 0 Å². The molecule has 0 fully saturated rings. The number of methoxy groups -OCH3 is 1. The van der Waals surface area contributed by atoms with Gasteiger partial charge in [-0.15, -0.1) is 3.89 Å². The minimum atomic E-state index is -4.64. The fourth-order valence-corrected chi connectivity index (χ4v) is 2.09. The molecular formula is C14H11FO4S. The molecule has 0 saturated carbocycles. The number of carbonyl (C=O) groups excluding carboxylic acids is 1. The van der Waals surface area contributed by atoms with Gasteiger partial charge < -0.3 is 4.74 Å². The topological polar surface area (TPSA) is 60.4 Å². The molecule has 0 aliphatic rings. The zero-order valence-corrected chi connectivity index (χ0v) is 11.4. The quantitative estimate of drug-likeness (QED) is 0.645. The van der Waals surface area contributed by atoms with E-state index in [1.807, 2.05) is 0 Å². The Labute approximate surface area is 115 Å². The molecule has 0 saturated heterocycles. The first-order valence-electron chi connectivity index (χ1n) is 5.64. The molecule has 6 heteroatoms. The van der Waals surface area contributed by atoms with Crippen molar-refractivity contribution in [2.75, 3.05) is 7.11 Å². The largest absolute Gasteiger partial charge is 0.465 e. The summed E-state index contributed by atoms with van der Waals surface area (Å²) in [5, 5.41) is 2.10. The zero-order valence-electron chi connectivity index (χ0n) is 10.5. The standard InChI is InChI=1S/C14H11FO4S/c1-19-14(16)13-5-4-11-8-10(2-3-12(11)9-13)6-7-20(15,17)18/h2-9H,1H3. The van der Waals surface area contributed by atoms with Gasteiger partial charge in [-0.2, -0.15) is 8.42 Å². The summed E-state index contributed by atoms with van der Waals surface area (Å²) in [4.78, 5) is 11.4. The van der Waals surface area contributed by atoms with Crippen molar-refractivity contribution in [3.63, 3.8) is 0 Å². The van der Waals surface area contributed by atoms with Crippen LogP contribution in [0.4, 0.5) is 3.89 Å². The molecule has 0 aliphatic carbocycles. The predicted octanol–water partition coefficient (Wildman–Crippen LogP) is 2.90. The number of ether oxygens (including phenoxy) is 1. The van der Waals surface area contributed by atoms with Crippen LogP contribution >= 0.6 is 0 Å². The van der Waals surface area contributed by atoms with E-state index in [9.17, 15) is 17.1 Å². The summed E-state index contributed by atoms with van der Waals surface area (Å²) >= 11 is 0. The van der Waals surface area contributed by atoms with Crippen molar-refractivity contribution < 1.29 is 21.8 Å². The molecule has 0 heterocycles. The maximum atomic E-state index is 12.4. The highest BCUT2D eigenvalue weighted by molar-refractivity contribution is 7.89. The number of rotatable bonds is 3. The monoisotopic (exact) mass is 294 g/mol. The van der Waals surface area contributed by atoms with E-state index in [0.29, 0.717) is 16.5 Å². The lowest BCUT2D eigenvalue weighted by atomic mass is 10.0. The molecule has 104 valence electrons. The normalized spacial score (nSPS) is 11.9. The van der Waals surface area contributed by atoms with Crippen LogP contribution in [-0.4, -0.2) is 21.5 Å². The second-order valence-corrected chi connectivity index (χ2v) is 5.31. The Kier molecular flexibility index (Phi) is 3.85. The second-order valence-electron chi connectivity index (χ2n) is 4.09. The molecular weight excluding hydrogens is 283 g/mol. The highest BCUT2D eigenvalue weighted by Crippen LogP contribution is 2.19. The van der Waals surface area contributed by atoms with Gasteiger partial charge in [-0.05, 0) is 40.6 Å². The number of halogens is 1. The van der Waals surface area contributed by atoms with Gasteiger partial charge in [0, 0.05) is 0 Å². The molecule has 0 aliphatic heterocycles. The fourth-order valence-electron chi connectivity index (χ4n) is 1.77. The summed E-state index contributed by atoms with van der Waals surface area (Å²) in [7, 11) is -3.34. The van der Waals surface area contributed by atoms with Gasteiger partial charge in [0.15, 0.2) is 0 Å². The first-order chi connectivity index (χ1) is 9.39. The van der Waals surface area contributed by atoms with Gasteiger partial charge >= 0.3 is 16.2 Å². The van der Waals surface area contributed by atoms with Crippen LogP contribution in [0.2, 0.25) is 0 Å². The minimum Gasteiger partial charge on any atom is -0.465 e. The SMILES string of the molecule is COC(=O)c1ccc2cc(C=CS(=O)(=O)F)ccc2c1. The van der Waals surface area contributed by atoms with E-state index in [0.717, 1.165) is 10.8 Å². The number of carbonyl (C=O) groups is 1. The van der Waals surface area contributed by atoms with Crippen LogP contribution in [0.1, 0.15) is 15.9 Å².